The molecule has 0 radical (unpaired) electrons. The molecule has 0 bridgehead atoms. The molecule has 1 heterocycles. The molecule has 1 aromatic carbocycles. The molecule has 0 aliphatic heterocycles. The second-order valence-corrected chi connectivity index (χ2v) is 4.40. The fourth-order valence-electron chi connectivity index (χ4n) is 2.06. The van der Waals surface area contributed by atoms with Crippen molar-refractivity contribution in [1.82, 2.24) is 9.88 Å². The predicted molar refractivity (Wildman–Crippen MR) is 78.4 cm³/mol. The minimum absolute atomic E-state index is 0.0710. The van der Waals surface area contributed by atoms with E-state index in [0.717, 1.165) is 6.07 Å². The fourth-order valence-corrected chi connectivity index (χ4v) is 2.06. The van der Waals surface area contributed by atoms with Gasteiger partial charge in [0, 0.05) is 18.0 Å². The van der Waals surface area contributed by atoms with Crippen LogP contribution < -0.4 is 10.9 Å². The zero-order valence-corrected chi connectivity index (χ0v) is 11.2. The standard InChI is InChI=1S/C15H14N2O4/c1-2-7-16-13(18)9-17-12-6-4-3-5-10(12)11(15(20)21)8-14(17)19/h2-6,8H,1,7,9H2,(H,16,18)(H,20,21). The summed E-state index contributed by atoms with van der Waals surface area (Å²) in [5.74, 6) is -1.52. The number of carbonyl (C=O) groups excluding carboxylic acids is 1. The molecule has 6 heteroatoms. The summed E-state index contributed by atoms with van der Waals surface area (Å²) >= 11 is 0. The number of carboxylic acid groups (broad SMARTS) is 1. The van der Waals surface area contributed by atoms with Crippen LogP contribution in [0.1, 0.15) is 10.4 Å². The Morgan fingerprint density at radius 2 is 2.05 bits per heavy atom. The van der Waals surface area contributed by atoms with Gasteiger partial charge in [0.25, 0.3) is 5.56 Å². The molecule has 1 amide bonds. The summed E-state index contributed by atoms with van der Waals surface area (Å²) in [6.07, 6.45) is 1.53. The number of aromatic nitrogens is 1. The summed E-state index contributed by atoms with van der Waals surface area (Å²) in [6, 6.07) is 7.62. The molecular formula is C15H14N2O4. The van der Waals surface area contributed by atoms with Gasteiger partial charge in [0.05, 0.1) is 11.1 Å². The Kier molecular flexibility index (Phi) is 4.18. The number of pyridine rings is 1. The molecule has 21 heavy (non-hydrogen) atoms. The Morgan fingerprint density at radius 1 is 1.33 bits per heavy atom. The van der Waals surface area contributed by atoms with Gasteiger partial charge in [0.15, 0.2) is 0 Å². The van der Waals surface area contributed by atoms with Crippen molar-refractivity contribution in [3.63, 3.8) is 0 Å². The Hall–Kier alpha value is -2.89. The zero-order chi connectivity index (χ0) is 15.4. The molecule has 0 spiro atoms. The van der Waals surface area contributed by atoms with Crippen LogP contribution in [0, 0.1) is 0 Å². The van der Waals surface area contributed by atoms with E-state index in [1.807, 2.05) is 0 Å². The lowest BCUT2D eigenvalue weighted by Crippen LogP contribution is -2.32. The van der Waals surface area contributed by atoms with Gasteiger partial charge >= 0.3 is 5.97 Å². The summed E-state index contributed by atoms with van der Waals surface area (Å²) in [5, 5.41) is 12.2. The third-order valence-corrected chi connectivity index (χ3v) is 2.99. The van der Waals surface area contributed by atoms with Gasteiger partial charge in [-0.15, -0.1) is 6.58 Å². The summed E-state index contributed by atoms with van der Waals surface area (Å²) in [4.78, 5) is 35.0. The lowest BCUT2D eigenvalue weighted by molar-refractivity contribution is -0.121. The van der Waals surface area contributed by atoms with E-state index in [1.54, 1.807) is 24.3 Å². The van der Waals surface area contributed by atoms with Crippen molar-refractivity contribution in [3.05, 3.63) is 58.9 Å². The van der Waals surface area contributed by atoms with Crippen LogP contribution in [0.15, 0.2) is 47.8 Å². The van der Waals surface area contributed by atoms with E-state index in [4.69, 9.17) is 5.11 Å². The maximum Gasteiger partial charge on any atom is 0.336 e. The Morgan fingerprint density at radius 3 is 2.71 bits per heavy atom. The second kappa shape index (κ2) is 6.04. The predicted octanol–water partition coefficient (Wildman–Crippen LogP) is 1.00. The highest BCUT2D eigenvalue weighted by atomic mass is 16.4. The number of nitrogens with one attached hydrogen (secondary N) is 1. The van der Waals surface area contributed by atoms with E-state index in [2.05, 4.69) is 11.9 Å². The number of aromatic carboxylic acids is 1. The van der Waals surface area contributed by atoms with Gasteiger partial charge in [-0.25, -0.2) is 4.79 Å². The first kappa shape index (κ1) is 14.5. The van der Waals surface area contributed by atoms with E-state index >= 15 is 0 Å². The Bertz CT molecular complexity index is 777. The number of para-hydroxylation sites is 1. The van der Waals surface area contributed by atoms with Crippen LogP contribution in [-0.2, 0) is 11.3 Å². The first-order valence-corrected chi connectivity index (χ1v) is 6.28. The van der Waals surface area contributed by atoms with Crippen molar-refractivity contribution >= 4 is 22.8 Å². The van der Waals surface area contributed by atoms with Gasteiger partial charge in [0.1, 0.15) is 6.54 Å². The topological polar surface area (TPSA) is 88.4 Å². The van der Waals surface area contributed by atoms with E-state index < -0.39 is 11.5 Å². The van der Waals surface area contributed by atoms with Crippen molar-refractivity contribution in [3.8, 4) is 0 Å². The van der Waals surface area contributed by atoms with Gasteiger partial charge in [-0.1, -0.05) is 24.3 Å². The molecule has 2 rings (SSSR count). The van der Waals surface area contributed by atoms with Crippen molar-refractivity contribution in [1.29, 1.82) is 0 Å². The summed E-state index contributed by atoms with van der Waals surface area (Å²) in [5.41, 5.74) is -0.186. The first-order chi connectivity index (χ1) is 10.0. The lowest BCUT2D eigenvalue weighted by atomic mass is 10.1. The first-order valence-electron chi connectivity index (χ1n) is 6.28. The molecule has 108 valence electrons. The SMILES string of the molecule is C=CCNC(=O)Cn1c(=O)cc(C(=O)O)c2ccccc21. The number of carboxylic acids is 1. The normalized spacial score (nSPS) is 10.3. The number of amides is 1. The van der Waals surface area contributed by atoms with Crippen LogP contribution in [0.3, 0.4) is 0 Å². The molecule has 0 saturated carbocycles. The number of hydrogen-bond donors (Lipinski definition) is 2. The molecule has 0 aliphatic carbocycles. The maximum atomic E-state index is 12.1. The molecule has 1 aromatic heterocycles. The van der Waals surface area contributed by atoms with Crippen LogP contribution in [0.5, 0.6) is 0 Å². The molecule has 2 N–H and O–H groups in total. The van der Waals surface area contributed by atoms with Crippen LogP contribution in [-0.4, -0.2) is 28.1 Å². The Labute approximate surface area is 120 Å². The van der Waals surface area contributed by atoms with Crippen LogP contribution >= 0.6 is 0 Å². The number of carbonyl (C=O) groups is 2. The number of rotatable bonds is 5. The van der Waals surface area contributed by atoms with Crippen molar-refractivity contribution in [2.75, 3.05) is 6.54 Å². The molecule has 0 unspecified atom stereocenters. The van der Waals surface area contributed by atoms with E-state index in [9.17, 15) is 14.4 Å². The zero-order valence-electron chi connectivity index (χ0n) is 11.2. The number of benzene rings is 1. The van der Waals surface area contributed by atoms with E-state index in [-0.39, 0.29) is 18.0 Å². The lowest BCUT2D eigenvalue weighted by Gasteiger charge is -2.11. The van der Waals surface area contributed by atoms with E-state index in [1.165, 1.54) is 10.6 Å². The molecule has 0 atom stereocenters. The minimum atomic E-state index is -1.17. The summed E-state index contributed by atoms with van der Waals surface area (Å²) < 4.78 is 1.25. The van der Waals surface area contributed by atoms with Crippen LogP contribution in [0.25, 0.3) is 10.9 Å². The molecule has 2 aromatic rings. The van der Waals surface area contributed by atoms with Gasteiger partial charge < -0.3 is 10.4 Å². The summed E-state index contributed by atoms with van der Waals surface area (Å²) in [6.45, 7) is 3.62. The highest BCUT2D eigenvalue weighted by Crippen LogP contribution is 2.16. The monoisotopic (exact) mass is 286 g/mol. The van der Waals surface area contributed by atoms with Gasteiger partial charge in [-0.2, -0.15) is 0 Å². The maximum absolute atomic E-state index is 12.1. The highest BCUT2D eigenvalue weighted by molar-refractivity contribution is 6.02. The highest BCUT2D eigenvalue weighted by Gasteiger charge is 2.14. The quantitative estimate of drug-likeness (QED) is 0.803. The summed E-state index contributed by atoms with van der Waals surface area (Å²) in [7, 11) is 0. The fraction of sp³-hybridized carbons (Fsp3) is 0.133. The molecule has 0 saturated heterocycles. The largest absolute Gasteiger partial charge is 0.478 e. The van der Waals surface area contributed by atoms with Gasteiger partial charge in [-0.05, 0) is 6.07 Å². The molecular weight excluding hydrogens is 272 g/mol. The van der Waals surface area contributed by atoms with Crippen molar-refractivity contribution < 1.29 is 14.7 Å². The second-order valence-electron chi connectivity index (χ2n) is 4.40. The van der Waals surface area contributed by atoms with Crippen molar-refractivity contribution in [2.24, 2.45) is 0 Å². The number of nitrogens with zero attached hydrogens (tertiary/aromatic N) is 1. The minimum Gasteiger partial charge on any atom is -0.478 e. The van der Waals surface area contributed by atoms with Crippen molar-refractivity contribution in [2.45, 2.75) is 6.54 Å². The average Bonchev–Trinajstić information content (AvgIpc) is 2.47. The average molecular weight is 286 g/mol. The Balaban J connectivity index is 2.54. The molecule has 6 nitrogen and oxygen atoms in total. The molecule has 0 aliphatic rings. The smallest absolute Gasteiger partial charge is 0.336 e. The van der Waals surface area contributed by atoms with E-state index in [0.29, 0.717) is 17.4 Å². The molecule has 0 fully saturated rings. The van der Waals surface area contributed by atoms with Gasteiger partial charge in [-0.3, -0.25) is 14.2 Å². The van der Waals surface area contributed by atoms with Gasteiger partial charge in [0.2, 0.25) is 5.91 Å². The van der Waals surface area contributed by atoms with Crippen LogP contribution in [0.4, 0.5) is 0 Å². The third-order valence-electron chi connectivity index (χ3n) is 2.99. The third kappa shape index (κ3) is 3.00. The van der Waals surface area contributed by atoms with Crippen LogP contribution in [0.2, 0.25) is 0 Å². The number of fused-ring (bicyclic) bond motifs is 1. The number of hydrogen-bond acceptors (Lipinski definition) is 3.